The molecule has 0 radical (unpaired) electrons. The largest absolute Gasteiger partial charge is 0.382 e. The van der Waals surface area contributed by atoms with Crippen LogP contribution in [0.3, 0.4) is 0 Å². The lowest BCUT2D eigenvalue weighted by molar-refractivity contribution is -0.0698. The predicted molar refractivity (Wildman–Crippen MR) is 94.2 cm³/mol. The Hall–Kier alpha value is -1.86. The van der Waals surface area contributed by atoms with Crippen LogP contribution in [0, 0.1) is 11.8 Å². The van der Waals surface area contributed by atoms with E-state index in [9.17, 15) is 0 Å². The Kier molecular flexibility index (Phi) is 7.09. The van der Waals surface area contributed by atoms with Gasteiger partial charge in [0.15, 0.2) is 0 Å². The highest BCUT2D eigenvalue weighted by Crippen LogP contribution is 2.16. The van der Waals surface area contributed by atoms with E-state index in [1.165, 1.54) is 5.56 Å². The summed E-state index contributed by atoms with van der Waals surface area (Å²) in [6.45, 7) is 9.96. The minimum absolute atomic E-state index is 0.356. The van der Waals surface area contributed by atoms with Crippen LogP contribution in [0.1, 0.15) is 18.1 Å². The summed E-state index contributed by atoms with van der Waals surface area (Å²) in [6.07, 6.45) is 4.03. The zero-order valence-electron chi connectivity index (χ0n) is 14.0. The third-order valence-electron chi connectivity index (χ3n) is 3.70. The molecule has 122 valence electrons. The maximum atomic E-state index is 5.68. The van der Waals surface area contributed by atoms with Crippen molar-refractivity contribution in [2.24, 2.45) is 0 Å². The molecule has 1 aromatic rings. The molecule has 1 saturated heterocycles. The number of rotatable bonds is 7. The number of ether oxygens (including phenoxy) is 2. The van der Waals surface area contributed by atoms with Crippen molar-refractivity contribution in [1.82, 2.24) is 4.90 Å². The van der Waals surface area contributed by atoms with Gasteiger partial charge in [-0.2, -0.15) is 0 Å². The van der Waals surface area contributed by atoms with Gasteiger partial charge in [-0.1, -0.05) is 42.7 Å². The summed E-state index contributed by atoms with van der Waals surface area (Å²) in [5.41, 5.74) is 3.36. The van der Waals surface area contributed by atoms with Gasteiger partial charge in [0.2, 0.25) is 0 Å². The van der Waals surface area contributed by atoms with Crippen LogP contribution in [0.5, 0.6) is 0 Å². The monoisotopic (exact) mass is 311 g/mol. The van der Waals surface area contributed by atoms with Crippen LogP contribution in [-0.4, -0.2) is 44.4 Å². The highest BCUT2D eigenvalue weighted by atomic mass is 16.5. The Bertz CT molecular complexity index is 586. The van der Waals surface area contributed by atoms with Crippen LogP contribution in [0.4, 0.5) is 0 Å². The number of hydrogen-bond donors (Lipinski definition) is 0. The summed E-state index contributed by atoms with van der Waals surface area (Å²) in [5.74, 6) is 6.28. The third-order valence-corrected chi connectivity index (χ3v) is 3.70. The van der Waals surface area contributed by atoms with Crippen molar-refractivity contribution in [2.45, 2.75) is 19.6 Å². The zero-order valence-corrected chi connectivity index (χ0v) is 14.0. The molecule has 23 heavy (non-hydrogen) atoms. The second kappa shape index (κ2) is 9.32. The summed E-state index contributed by atoms with van der Waals surface area (Å²) in [6, 6.07) is 8.46. The summed E-state index contributed by atoms with van der Waals surface area (Å²) >= 11 is 0. The van der Waals surface area contributed by atoms with Crippen molar-refractivity contribution in [3.8, 4) is 11.8 Å². The zero-order chi connectivity index (χ0) is 16.5. The van der Waals surface area contributed by atoms with Gasteiger partial charge in [0, 0.05) is 32.3 Å². The van der Waals surface area contributed by atoms with Crippen molar-refractivity contribution in [1.29, 1.82) is 0 Å². The van der Waals surface area contributed by atoms with Crippen molar-refractivity contribution in [3.05, 3.63) is 59.7 Å². The molecule has 0 N–H and O–H groups in total. The first kappa shape index (κ1) is 17.5. The summed E-state index contributed by atoms with van der Waals surface area (Å²) in [7, 11) is 1.70. The van der Waals surface area contributed by atoms with Crippen molar-refractivity contribution in [3.63, 3.8) is 0 Å². The van der Waals surface area contributed by atoms with Crippen LogP contribution >= 0.6 is 0 Å². The lowest BCUT2D eigenvalue weighted by atomic mass is 10.1. The molecule has 1 aliphatic rings. The molecule has 0 amide bonds. The maximum Gasteiger partial charge on any atom is 0.0830 e. The van der Waals surface area contributed by atoms with Crippen molar-refractivity contribution >= 4 is 0 Å². The molecule has 0 saturated carbocycles. The first-order valence-electron chi connectivity index (χ1n) is 7.94. The van der Waals surface area contributed by atoms with Crippen LogP contribution in [0.2, 0.25) is 0 Å². The fourth-order valence-corrected chi connectivity index (χ4v) is 2.40. The van der Waals surface area contributed by atoms with Crippen LogP contribution < -0.4 is 0 Å². The molecule has 1 fully saturated rings. The molecular formula is C20H25NO2. The molecule has 2 rings (SSSR count). The Morgan fingerprint density at radius 1 is 1.30 bits per heavy atom. The Balaban J connectivity index is 1.76. The molecule has 0 aromatic heterocycles. The lowest BCUT2D eigenvalue weighted by Crippen LogP contribution is -2.51. The summed E-state index contributed by atoms with van der Waals surface area (Å²) in [5, 5.41) is 0. The van der Waals surface area contributed by atoms with E-state index in [2.05, 4.69) is 47.6 Å². The van der Waals surface area contributed by atoms with E-state index in [1.54, 1.807) is 13.2 Å². The third kappa shape index (κ3) is 6.03. The first-order valence-corrected chi connectivity index (χ1v) is 7.94. The Labute approximate surface area is 139 Å². The highest BCUT2D eigenvalue weighted by molar-refractivity contribution is 5.41. The number of allylic oxidation sites excluding steroid dienone is 3. The lowest BCUT2D eigenvalue weighted by Gasteiger charge is -2.38. The van der Waals surface area contributed by atoms with Gasteiger partial charge in [-0.05, 0) is 30.2 Å². The second-order valence-corrected chi connectivity index (χ2v) is 5.71. The standard InChI is InChI=1S/C20H25NO2/c1-4-5-17(2)6-7-18-8-10-19(11-9-18)14-21-15-20(16-21)23-13-12-22-3/h4-5,8-11,20H,1,12-16H2,2-3H3/b17-5+. The molecule has 3 heteroatoms. The number of likely N-dealkylation sites (tertiary alicyclic amines) is 1. The SMILES string of the molecule is C=C/C=C(\C)C#Cc1ccc(CN2CC(OCCOC)C2)cc1. The molecule has 1 aliphatic heterocycles. The average molecular weight is 311 g/mol. The normalized spacial score (nSPS) is 15.7. The molecular weight excluding hydrogens is 286 g/mol. The van der Waals surface area contributed by atoms with Gasteiger partial charge < -0.3 is 9.47 Å². The van der Waals surface area contributed by atoms with Crippen molar-refractivity contribution in [2.75, 3.05) is 33.4 Å². The maximum absolute atomic E-state index is 5.68. The quantitative estimate of drug-likeness (QED) is 0.439. The fourth-order valence-electron chi connectivity index (χ4n) is 2.40. The topological polar surface area (TPSA) is 21.7 Å². The summed E-state index contributed by atoms with van der Waals surface area (Å²) in [4.78, 5) is 2.38. The van der Waals surface area contributed by atoms with E-state index in [4.69, 9.17) is 9.47 Å². The molecule has 1 heterocycles. The van der Waals surface area contributed by atoms with Gasteiger partial charge >= 0.3 is 0 Å². The van der Waals surface area contributed by atoms with Crippen LogP contribution in [-0.2, 0) is 16.0 Å². The van der Waals surface area contributed by atoms with Gasteiger partial charge in [-0.3, -0.25) is 4.90 Å². The van der Waals surface area contributed by atoms with Crippen LogP contribution in [0.15, 0.2) is 48.6 Å². The highest BCUT2D eigenvalue weighted by Gasteiger charge is 2.26. The average Bonchev–Trinajstić information content (AvgIpc) is 2.52. The van der Waals surface area contributed by atoms with Gasteiger partial charge in [0.1, 0.15) is 0 Å². The molecule has 1 aromatic carbocycles. The molecule has 0 aliphatic carbocycles. The number of hydrogen-bond acceptors (Lipinski definition) is 3. The number of nitrogens with zero attached hydrogens (tertiary/aromatic N) is 1. The fraction of sp³-hybridized carbons (Fsp3) is 0.400. The van der Waals surface area contributed by atoms with Gasteiger partial charge in [0.25, 0.3) is 0 Å². The van der Waals surface area contributed by atoms with E-state index in [1.807, 2.05) is 13.0 Å². The van der Waals surface area contributed by atoms with Gasteiger partial charge in [0.05, 0.1) is 19.3 Å². The predicted octanol–water partition coefficient (Wildman–Crippen LogP) is 3.02. The molecule has 3 nitrogen and oxygen atoms in total. The van der Waals surface area contributed by atoms with E-state index >= 15 is 0 Å². The van der Waals surface area contributed by atoms with E-state index in [-0.39, 0.29) is 0 Å². The van der Waals surface area contributed by atoms with Gasteiger partial charge in [-0.25, -0.2) is 0 Å². The minimum atomic E-state index is 0.356. The van der Waals surface area contributed by atoms with E-state index in [0.29, 0.717) is 19.3 Å². The number of methoxy groups -OCH3 is 1. The van der Waals surface area contributed by atoms with E-state index in [0.717, 1.165) is 30.8 Å². The molecule has 0 unspecified atom stereocenters. The Morgan fingerprint density at radius 2 is 2.04 bits per heavy atom. The van der Waals surface area contributed by atoms with E-state index < -0.39 is 0 Å². The number of benzene rings is 1. The molecule has 0 bridgehead atoms. The molecule has 0 atom stereocenters. The smallest absolute Gasteiger partial charge is 0.0830 e. The van der Waals surface area contributed by atoms with Crippen molar-refractivity contribution < 1.29 is 9.47 Å². The first-order chi connectivity index (χ1) is 11.2. The summed E-state index contributed by atoms with van der Waals surface area (Å²) < 4.78 is 10.7. The van der Waals surface area contributed by atoms with Gasteiger partial charge in [-0.15, -0.1) is 0 Å². The Morgan fingerprint density at radius 3 is 2.70 bits per heavy atom. The minimum Gasteiger partial charge on any atom is -0.382 e. The van der Waals surface area contributed by atoms with Crippen LogP contribution in [0.25, 0.3) is 0 Å². The molecule has 0 spiro atoms. The second-order valence-electron chi connectivity index (χ2n) is 5.71.